The number of rotatable bonds is 8. The molecule has 0 fully saturated rings. The average Bonchev–Trinajstić information content (AvgIpc) is 2.90. The van der Waals surface area contributed by atoms with Crippen LogP contribution in [0, 0.1) is 11.2 Å². The van der Waals surface area contributed by atoms with Gasteiger partial charge < -0.3 is 24.8 Å². The van der Waals surface area contributed by atoms with Gasteiger partial charge in [-0.1, -0.05) is 0 Å². The lowest BCUT2D eigenvalue weighted by atomic mass is 9.90. The maximum Gasteiger partial charge on any atom is 0.239 e. The molecule has 1 heterocycles. The minimum atomic E-state index is -1.40. The van der Waals surface area contributed by atoms with Gasteiger partial charge in [0.1, 0.15) is 23.3 Å². The summed E-state index contributed by atoms with van der Waals surface area (Å²) in [7, 11) is 3.08. The molecule has 0 aliphatic rings. The first-order valence-electron chi connectivity index (χ1n) is 11.2. The van der Waals surface area contributed by atoms with E-state index >= 15 is 0 Å². The molecule has 190 valence electrons. The standard InChI is InChI=1S/C27H25FN4O5/c1-27(2,25(33)31-17-7-5-16(28)6-8-17)26(34)32-18-9-11-19(12-10-18)37-24-20-13-22(35-3)23(36-4)14-21(20)29-15-30-24/h5-15H,1-4H3,(H,31,33)(H,32,34). The molecule has 0 bridgehead atoms. The van der Waals surface area contributed by atoms with E-state index in [1.54, 1.807) is 43.5 Å². The van der Waals surface area contributed by atoms with Crippen LogP contribution in [0.2, 0.25) is 0 Å². The number of amides is 2. The summed E-state index contributed by atoms with van der Waals surface area (Å²) >= 11 is 0. The third-order valence-corrected chi connectivity index (χ3v) is 5.67. The molecule has 0 unspecified atom stereocenters. The van der Waals surface area contributed by atoms with Crippen molar-refractivity contribution in [3.63, 3.8) is 0 Å². The van der Waals surface area contributed by atoms with Crippen molar-refractivity contribution in [1.29, 1.82) is 0 Å². The van der Waals surface area contributed by atoms with Crippen molar-refractivity contribution in [3.05, 3.63) is 72.8 Å². The van der Waals surface area contributed by atoms with Crippen LogP contribution in [0.25, 0.3) is 10.9 Å². The lowest BCUT2D eigenvalue weighted by Crippen LogP contribution is -2.41. The topological polar surface area (TPSA) is 112 Å². The smallest absolute Gasteiger partial charge is 0.239 e. The second-order valence-corrected chi connectivity index (χ2v) is 8.57. The van der Waals surface area contributed by atoms with E-state index in [0.717, 1.165) is 0 Å². The molecule has 3 aromatic carbocycles. The first-order chi connectivity index (χ1) is 17.7. The quantitative estimate of drug-likeness (QED) is 0.318. The molecule has 0 spiro atoms. The number of fused-ring (bicyclic) bond motifs is 1. The van der Waals surface area contributed by atoms with Crippen LogP contribution in [-0.4, -0.2) is 36.0 Å². The number of aromatic nitrogens is 2. The van der Waals surface area contributed by atoms with Crippen molar-refractivity contribution in [2.24, 2.45) is 5.41 Å². The Labute approximate surface area is 212 Å². The van der Waals surface area contributed by atoms with Crippen LogP contribution in [0.4, 0.5) is 15.8 Å². The highest BCUT2D eigenvalue weighted by Gasteiger charge is 2.36. The van der Waals surface area contributed by atoms with Gasteiger partial charge in [-0.15, -0.1) is 0 Å². The molecule has 9 nitrogen and oxygen atoms in total. The van der Waals surface area contributed by atoms with Gasteiger partial charge >= 0.3 is 0 Å². The molecule has 4 rings (SSSR count). The summed E-state index contributed by atoms with van der Waals surface area (Å²) in [5.41, 5.74) is 0.0810. The molecule has 1 aromatic heterocycles. The fourth-order valence-electron chi connectivity index (χ4n) is 3.37. The van der Waals surface area contributed by atoms with Crippen LogP contribution < -0.4 is 24.8 Å². The van der Waals surface area contributed by atoms with E-state index in [2.05, 4.69) is 20.6 Å². The van der Waals surface area contributed by atoms with Gasteiger partial charge in [-0.25, -0.2) is 14.4 Å². The Morgan fingerprint density at radius 3 is 1.92 bits per heavy atom. The van der Waals surface area contributed by atoms with Gasteiger partial charge in [0.2, 0.25) is 17.7 Å². The Morgan fingerprint density at radius 2 is 1.35 bits per heavy atom. The van der Waals surface area contributed by atoms with Gasteiger partial charge in [-0.2, -0.15) is 0 Å². The number of halogens is 1. The number of nitrogens with one attached hydrogen (secondary N) is 2. The highest BCUT2D eigenvalue weighted by Crippen LogP contribution is 2.36. The van der Waals surface area contributed by atoms with Crippen molar-refractivity contribution < 1.29 is 28.2 Å². The molecular formula is C27H25FN4O5. The van der Waals surface area contributed by atoms with Gasteiger partial charge in [-0.3, -0.25) is 9.59 Å². The summed E-state index contributed by atoms with van der Waals surface area (Å²) in [5.74, 6) is 0.383. The normalized spacial score (nSPS) is 11.1. The van der Waals surface area contributed by atoms with E-state index in [9.17, 15) is 14.0 Å². The highest BCUT2D eigenvalue weighted by molar-refractivity contribution is 6.14. The molecule has 0 saturated heterocycles. The number of methoxy groups -OCH3 is 2. The van der Waals surface area contributed by atoms with E-state index in [-0.39, 0.29) is 0 Å². The lowest BCUT2D eigenvalue weighted by molar-refractivity contribution is -0.135. The molecule has 4 aromatic rings. The Balaban J connectivity index is 1.45. The first-order valence-corrected chi connectivity index (χ1v) is 11.2. The van der Waals surface area contributed by atoms with E-state index in [1.807, 2.05) is 0 Å². The summed E-state index contributed by atoms with van der Waals surface area (Å²) in [6.45, 7) is 3.00. The molecular weight excluding hydrogens is 479 g/mol. The number of benzene rings is 3. The van der Waals surface area contributed by atoms with E-state index in [0.29, 0.717) is 45.4 Å². The zero-order valence-electron chi connectivity index (χ0n) is 20.7. The van der Waals surface area contributed by atoms with Crippen LogP contribution >= 0.6 is 0 Å². The Kier molecular flexibility index (Phi) is 7.19. The fraction of sp³-hybridized carbons (Fsp3) is 0.185. The lowest BCUT2D eigenvalue weighted by Gasteiger charge is -2.22. The molecule has 0 aliphatic heterocycles. The van der Waals surface area contributed by atoms with Crippen molar-refractivity contribution in [3.8, 4) is 23.1 Å². The predicted octanol–water partition coefficient (Wildman–Crippen LogP) is 5.18. The average molecular weight is 505 g/mol. The van der Waals surface area contributed by atoms with Gasteiger partial charge in [0.05, 0.1) is 25.1 Å². The maximum absolute atomic E-state index is 13.1. The number of ether oxygens (including phenoxy) is 3. The van der Waals surface area contributed by atoms with Crippen LogP contribution in [-0.2, 0) is 9.59 Å². The van der Waals surface area contributed by atoms with Crippen molar-refractivity contribution in [2.75, 3.05) is 24.9 Å². The summed E-state index contributed by atoms with van der Waals surface area (Å²) in [6.07, 6.45) is 1.39. The number of nitrogens with zero attached hydrogens (tertiary/aromatic N) is 2. The maximum atomic E-state index is 13.1. The largest absolute Gasteiger partial charge is 0.493 e. The molecule has 0 saturated carbocycles. The van der Waals surface area contributed by atoms with Crippen molar-refractivity contribution in [1.82, 2.24) is 9.97 Å². The minimum Gasteiger partial charge on any atom is -0.493 e. The van der Waals surface area contributed by atoms with Crippen molar-refractivity contribution in [2.45, 2.75) is 13.8 Å². The summed E-state index contributed by atoms with van der Waals surface area (Å²) in [5, 5.41) is 5.99. The predicted molar refractivity (Wildman–Crippen MR) is 137 cm³/mol. The van der Waals surface area contributed by atoms with E-state index in [1.165, 1.54) is 51.6 Å². The first kappa shape index (κ1) is 25.4. The summed E-state index contributed by atoms with van der Waals surface area (Å²) in [4.78, 5) is 34.0. The third-order valence-electron chi connectivity index (χ3n) is 5.67. The van der Waals surface area contributed by atoms with Gasteiger partial charge in [0.15, 0.2) is 11.5 Å². The van der Waals surface area contributed by atoms with Gasteiger partial charge in [-0.05, 0) is 68.4 Å². The van der Waals surface area contributed by atoms with Crippen LogP contribution in [0.1, 0.15) is 13.8 Å². The number of hydrogen-bond donors (Lipinski definition) is 2. The summed E-state index contributed by atoms with van der Waals surface area (Å²) < 4.78 is 29.7. The summed E-state index contributed by atoms with van der Waals surface area (Å²) in [6, 6.07) is 15.4. The molecule has 10 heteroatoms. The molecule has 0 aliphatic carbocycles. The van der Waals surface area contributed by atoms with E-state index in [4.69, 9.17) is 14.2 Å². The Morgan fingerprint density at radius 1 is 0.811 bits per heavy atom. The van der Waals surface area contributed by atoms with Crippen LogP contribution in [0.15, 0.2) is 67.0 Å². The second kappa shape index (κ2) is 10.5. The third kappa shape index (κ3) is 5.58. The van der Waals surface area contributed by atoms with Gasteiger partial charge in [0, 0.05) is 17.4 Å². The van der Waals surface area contributed by atoms with Crippen LogP contribution in [0.5, 0.6) is 23.1 Å². The monoisotopic (exact) mass is 504 g/mol. The highest BCUT2D eigenvalue weighted by atomic mass is 19.1. The van der Waals surface area contributed by atoms with Crippen molar-refractivity contribution >= 4 is 34.1 Å². The van der Waals surface area contributed by atoms with Crippen LogP contribution in [0.3, 0.4) is 0 Å². The Hall–Kier alpha value is -4.73. The minimum absolute atomic E-state index is 0.321. The fourth-order valence-corrected chi connectivity index (χ4v) is 3.37. The SMILES string of the molecule is COc1cc2ncnc(Oc3ccc(NC(=O)C(C)(C)C(=O)Nc4ccc(F)cc4)cc3)c2cc1OC. The molecule has 2 amide bonds. The van der Waals surface area contributed by atoms with E-state index < -0.39 is 23.0 Å². The second-order valence-electron chi connectivity index (χ2n) is 8.57. The number of anilines is 2. The zero-order valence-corrected chi connectivity index (χ0v) is 20.7. The Bertz CT molecular complexity index is 1440. The number of carbonyl (C=O) groups excluding carboxylic acids is 2. The number of hydrogen-bond acceptors (Lipinski definition) is 7. The zero-order chi connectivity index (χ0) is 26.6. The molecule has 37 heavy (non-hydrogen) atoms. The number of carbonyl (C=O) groups is 2. The molecule has 2 N–H and O–H groups in total. The molecule has 0 atom stereocenters. The van der Waals surface area contributed by atoms with Gasteiger partial charge in [0.25, 0.3) is 0 Å². The molecule has 0 radical (unpaired) electrons.